The Morgan fingerprint density at radius 2 is 1.54 bits per heavy atom. The summed E-state index contributed by atoms with van der Waals surface area (Å²) in [5, 5.41) is 0. The molecule has 6 nitrogen and oxygen atoms in total. The number of benzene rings is 2. The van der Waals surface area contributed by atoms with E-state index in [0.29, 0.717) is 31.3 Å². The molecule has 0 atom stereocenters. The molecule has 0 unspecified atom stereocenters. The molecule has 6 heteroatoms. The number of carbonyl (C=O) groups is 1. The highest BCUT2D eigenvalue weighted by Crippen LogP contribution is 2.20. The smallest absolute Gasteiger partial charge is 0.261 e. The number of morpholine rings is 1. The standard InChI is InChI=1S/C22H22N4O2/c27-21(19-15-23-22(24-16-19)25-11-13-28-14-12-25)26(20-9-5-2-6-10-20)17-18-7-3-1-4-8-18/h1-10,15-16H,11-14,17H2. The van der Waals surface area contributed by atoms with E-state index in [0.717, 1.165) is 24.3 Å². The normalized spacial score (nSPS) is 13.9. The lowest BCUT2D eigenvalue weighted by Gasteiger charge is -2.27. The van der Waals surface area contributed by atoms with E-state index in [9.17, 15) is 4.79 Å². The van der Waals surface area contributed by atoms with Crippen LogP contribution in [0.1, 0.15) is 15.9 Å². The second-order valence-corrected chi connectivity index (χ2v) is 6.58. The van der Waals surface area contributed by atoms with E-state index in [2.05, 4.69) is 14.9 Å². The molecule has 0 aliphatic carbocycles. The molecule has 1 amide bonds. The van der Waals surface area contributed by atoms with Crippen LogP contribution in [0.15, 0.2) is 73.1 Å². The Hall–Kier alpha value is -3.25. The lowest BCUT2D eigenvalue weighted by molar-refractivity contribution is 0.0984. The third-order valence-corrected chi connectivity index (χ3v) is 4.68. The average Bonchev–Trinajstić information content (AvgIpc) is 2.79. The Kier molecular flexibility index (Phi) is 5.58. The number of ether oxygens (including phenoxy) is 1. The Labute approximate surface area is 164 Å². The van der Waals surface area contributed by atoms with Crippen molar-refractivity contribution in [2.24, 2.45) is 0 Å². The summed E-state index contributed by atoms with van der Waals surface area (Å²) in [7, 11) is 0. The molecule has 0 N–H and O–H groups in total. The van der Waals surface area contributed by atoms with Gasteiger partial charge in [0.25, 0.3) is 5.91 Å². The highest BCUT2D eigenvalue weighted by atomic mass is 16.5. The largest absolute Gasteiger partial charge is 0.378 e. The number of anilines is 2. The fraction of sp³-hybridized carbons (Fsp3) is 0.227. The number of rotatable bonds is 5. The maximum absolute atomic E-state index is 13.2. The summed E-state index contributed by atoms with van der Waals surface area (Å²) in [5.74, 6) is 0.512. The van der Waals surface area contributed by atoms with Crippen molar-refractivity contribution in [2.45, 2.75) is 6.54 Å². The lowest BCUT2D eigenvalue weighted by Crippen LogP contribution is -2.37. The van der Waals surface area contributed by atoms with Crippen molar-refractivity contribution in [3.05, 3.63) is 84.2 Å². The van der Waals surface area contributed by atoms with Gasteiger partial charge in [-0.15, -0.1) is 0 Å². The third kappa shape index (κ3) is 4.18. The van der Waals surface area contributed by atoms with Crippen LogP contribution in [0, 0.1) is 0 Å². The quantitative estimate of drug-likeness (QED) is 0.687. The molecule has 3 aromatic rings. The van der Waals surface area contributed by atoms with Gasteiger partial charge in [0.2, 0.25) is 5.95 Å². The van der Waals surface area contributed by atoms with Crippen molar-refractivity contribution in [1.82, 2.24) is 9.97 Å². The molecule has 1 fully saturated rings. The first-order valence-electron chi connectivity index (χ1n) is 9.37. The Balaban J connectivity index is 1.58. The number of amides is 1. The minimum atomic E-state index is -0.122. The zero-order chi connectivity index (χ0) is 19.2. The molecule has 1 saturated heterocycles. The zero-order valence-electron chi connectivity index (χ0n) is 15.6. The summed E-state index contributed by atoms with van der Waals surface area (Å²) >= 11 is 0. The van der Waals surface area contributed by atoms with Crippen LogP contribution in [0.4, 0.5) is 11.6 Å². The SMILES string of the molecule is O=C(c1cnc(N2CCOCC2)nc1)N(Cc1ccccc1)c1ccccc1. The average molecular weight is 374 g/mol. The van der Waals surface area contributed by atoms with Crippen molar-refractivity contribution >= 4 is 17.5 Å². The van der Waals surface area contributed by atoms with Crippen molar-refractivity contribution in [1.29, 1.82) is 0 Å². The fourth-order valence-corrected chi connectivity index (χ4v) is 3.17. The summed E-state index contributed by atoms with van der Waals surface area (Å²) in [4.78, 5) is 25.9. The predicted octanol–water partition coefficient (Wildman–Crippen LogP) is 3.16. The molecule has 0 spiro atoms. The monoisotopic (exact) mass is 374 g/mol. The van der Waals surface area contributed by atoms with Crippen LogP contribution in [0.5, 0.6) is 0 Å². The second kappa shape index (κ2) is 8.63. The van der Waals surface area contributed by atoms with Gasteiger partial charge < -0.3 is 14.5 Å². The van der Waals surface area contributed by atoms with E-state index in [1.54, 1.807) is 17.3 Å². The first kappa shape index (κ1) is 18.1. The summed E-state index contributed by atoms with van der Waals surface area (Å²) in [6.45, 7) is 3.34. The van der Waals surface area contributed by atoms with Gasteiger partial charge >= 0.3 is 0 Å². The molecule has 1 aromatic heterocycles. The molecule has 0 bridgehead atoms. The van der Waals surface area contributed by atoms with E-state index in [1.165, 1.54) is 0 Å². The molecule has 1 aliphatic heterocycles. The van der Waals surface area contributed by atoms with Crippen LogP contribution >= 0.6 is 0 Å². The van der Waals surface area contributed by atoms with Crippen LogP contribution in [0.2, 0.25) is 0 Å². The Morgan fingerprint density at radius 3 is 2.18 bits per heavy atom. The third-order valence-electron chi connectivity index (χ3n) is 4.68. The zero-order valence-corrected chi connectivity index (χ0v) is 15.6. The van der Waals surface area contributed by atoms with E-state index >= 15 is 0 Å². The highest BCUT2D eigenvalue weighted by molar-refractivity contribution is 6.05. The molecule has 28 heavy (non-hydrogen) atoms. The lowest BCUT2D eigenvalue weighted by atomic mass is 10.1. The van der Waals surface area contributed by atoms with E-state index in [1.807, 2.05) is 60.7 Å². The summed E-state index contributed by atoms with van der Waals surface area (Å²) < 4.78 is 5.36. The molecule has 1 aliphatic rings. The molecule has 4 rings (SSSR count). The van der Waals surface area contributed by atoms with Gasteiger partial charge in [-0.3, -0.25) is 4.79 Å². The molecular formula is C22H22N4O2. The van der Waals surface area contributed by atoms with Crippen LogP contribution in [-0.4, -0.2) is 42.2 Å². The van der Waals surface area contributed by atoms with E-state index < -0.39 is 0 Å². The number of hydrogen-bond donors (Lipinski definition) is 0. The molecule has 2 heterocycles. The first-order chi connectivity index (χ1) is 13.8. The fourth-order valence-electron chi connectivity index (χ4n) is 3.17. The van der Waals surface area contributed by atoms with Crippen molar-refractivity contribution < 1.29 is 9.53 Å². The minimum Gasteiger partial charge on any atom is -0.378 e. The summed E-state index contributed by atoms with van der Waals surface area (Å²) in [6.07, 6.45) is 3.22. The Bertz CT molecular complexity index is 895. The van der Waals surface area contributed by atoms with E-state index in [-0.39, 0.29) is 5.91 Å². The number of hydrogen-bond acceptors (Lipinski definition) is 5. The topological polar surface area (TPSA) is 58.6 Å². The van der Waals surface area contributed by atoms with Crippen molar-refractivity contribution in [3.63, 3.8) is 0 Å². The first-order valence-corrected chi connectivity index (χ1v) is 9.37. The van der Waals surface area contributed by atoms with Crippen LogP contribution in [0.25, 0.3) is 0 Å². The van der Waals surface area contributed by atoms with E-state index in [4.69, 9.17) is 4.74 Å². The van der Waals surface area contributed by atoms with Crippen LogP contribution < -0.4 is 9.80 Å². The van der Waals surface area contributed by atoms with Gasteiger partial charge in [0.1, 0.15) is 0 Å². The molecular weight excluding hydrogens is 352 g/mol. The summed E-state index contributed by atoms with van der Waals surface area (Å²) in [6, 6.07) is 19.6. The predicted molar refractivity (Wildman–Crippen MR) is 108 cm³/mol. The maximum atomic E-state index is 13.2. The Morgan fingerprint density at radius 1 is 0.929 bits per heavy atom. The maximum Gasteiger partial charge on any atom is 0.261 e. The number of para-hydroxylation sites is 1. The van der Waals surface area contributed by atoms with Crippen molar-refractivity contribution in [2.75, 3.05) is 36.1 Å². The minimum absolute atomic E-state index is 0.122. The number of nitrogens with zero attached hydrogens (tertiary/aromatic N) is 4. The van der Waals surface area contributed by atoms with Crippen molar-refractivity contribution in [3.8, 4) is 0 Å². The molecule has 2 aromatic carbocycles. The second-order valence-electron chi connectivity index (χ2n) is 6.58. The number of carbonyl (C=O) groups excluding carboxylic acids is 1. The highest BCUT2D eigenvalue weighted by Gasteiger charge is 2.20. The van der Waals surface area contributed by atoms with Gasteiger partial charge in [-0.25, -0.2) is 9.97 Å². The molecule has 142 valence electrons. The number of aromatic nitrogens is 2. The van der Waals surface area contributed by atoms with Gasteiger partial charge in [-0.05, 0) is 17.7 Å². The van der Waals surface area contributed by atoms with Gasteiger partial charge in [0.15, 0.2) is 0 Å². The van der Waals surface area contributed by atoms with Gasteiger partial charge in [0, 0.05) is 31.2 Å². The van der Waals surface area contributed by atoms with Gasteiger partial charge in [0.05, 0.1) is 25.3 Å². The van der Waals surface area contributed by atoms with Crippen LogP contribution in [0.3, 0.4) is 0 Å². The summed E-state index contributed by atoms with van der Waals surface area (Å²) in [5.41, 5.74) is 2.37. The molecule has 0 saturated carbocycles. The van der Waals surface area contributed by atoms with Crippen LogP contribution in [-0.2, 0) is 11.3 Å². The van der Waals surface area contributed by atoms with Gasteiger partial charge in [-0.2, -0.15) is 0 Å². The van der Waals surface area contributed by atoms with Gasteiger partial charge in [-0.1, -0.05) is 48.5 Å². The molecule has 0 radical (unpaired) electrons.